The number of ketones is 1. The molecule has 0 aromatic heterocycles. The number of imide groups is 1. The Morgan fingerprint density at radius 3 is 1.77 bits per heavy atom. The average molecular weight is 813 g/mol. The van der Waals surface area contributed by atoms with Gasteiger partial charge in [0, 0.05) is 47.1 Å². The zero-order valence-corrected chi connectivity index (χ0v) is 33.2. The van der Waals surface area contributed by atoms with Crippen molar-refractivity contribution in [2.75, 3.05) is 70.9 Å². The molecule has 1 atom stereocenters. The number of carbonyl (C=O) groups excluding carboxylic acids is 5. The lowest BCUT2D eigenvalue weighted by Crippen LogP contribution is -2.32. The van der Waals surface area contributed by atoms with Gasteiger partial charge in [-0.2, -0.15) is 0 Å². The second kappa shape index (κ2) is 22.9. The van der Waals surface area contributed by atoms with Crippen molar-refractivity contribution in [2.45, 2.75) is 42.9 Å². The van der Waals surface area contributed by atoms with Gasteiger partial charge in [0.2, 0.25) is 0 Å². The van der Waals surface area contributed by atoms with Crippen LogP contribution in [0.5, 0.6) is 0 Å². The van der Waals surface area contributed by atoms with E-state index >= 15 is 0 Å². The summed E-state index contributed by atoms with van der Waals surface area (Å²) in [4.78, 5) is 66.9. The van der Waals surface area contributed by atoms with Gasteiger partial charge in [-0.25, -0.2) is 13.2 Å². The maximum absolute atomic E-state index is 13.7. The van der Waals surface area contributed by atoms with Gasteiger partial charge in [0.15, 0.2) is 15.6 Å². The molecule has 16 heteroatoms. The van der Waals surface area contributed by atoms with Crippen LogP contribution in [0.25, 0.3) is 0 Å². The average Bonchev–Trinajstić information content (AvgIpc) is 3.50. The molecule has 302 valence electrons. The van der Waals surface area contributed by atoms with Crippen LogP contribution in [0.1, 0.15) is 51.1 Å². The molecule has 0 aliphatic carbocycles. The fraction of sp³-hybridized carbons (Fsp3) is 0.425. The lowest BCUT2D eigenvalue weighted by molar-refractivity contribution is -0.198. The molecule has 1 aliphatic heterocycles. The SMILES string of the molecule is Cc1ccc(SCC(CS(=O)(=O)c2ccc(C)cc2)C(=O)c2ccc(C(=O)NCCOCCOCCOCCOCCC(=O)ON3C(=O)CCC3=O)cc2)cc1. The predicted molar refractivity (Wildman–Crippen MR) is 207 cm³/mol. The summed E-state index contributed by atoms with van der Waals surface area (Å²) >= 11 is 1.43. The van der Waals surface area contributed by atoms with Gasteiger partial charge in [-0.05, 0) is 50.2 Å². The van der Waals surface area contributed by atoms with E-state index in [1.165, 1.54) is 11.8 Å². The molecular formula is C40H48N2O12S2. The molecule has 3 amide bonds. The van der Waals surface area contributed by atoms with Crippen molar-refractivity contribution in [1.82, 2.24) is 10.4 Å². The third-order valence-corrected chi connectivity index (χ3v) is 11.4. The highest BCUT2D eigenvalue weighted by atomic mass is 32.2. The van der Waals surface area contributed by atoms with Crippen LogP contribution in [0, 0.1) is 19.8 Å². The van der Waals surface area contributed by atoms with Crippen molar-refractivity contribution in [2.24, 2.45) is 5.92 Å². The Morgan fingerprint density at radius 1 is 0.696 bits per heavy atom. The summed E-state index contributed by atoms with van der Waals surface area (Å²) in [6, 6.07) is 20.6. The van der Waals surface area contributed by atoms with Crippen LogP contribution in [0.4, 0.5) is 0 Å². The molecular weight excluding hydrogens is 765 g/mol. The maximum atomic E-state index is 13.7. The lowest BCUT2D eigenvalue weighted by atomic mass is 9.99. The van der Waals surface area contributed by atoms with Crippen LogP contribution in [0.3, 0.4) is 0 Å². The number of benzene rings is 3. The number of hydrogen-bond acceptors (Lipinski definition) is 13. The van der Waals surface area contributed by atoms with Gasteiger partial charge in [0.1, 0.15) is 0 Å². The smallest absolute Gasteiger partial charge is 0.335 e. The van der Waals surface area contributed by atoms with Gasteiger partial charge in [0.05, 0.1) is 69.9 Å². The summed E-state index contributed by atoms with van der Waals surface area (Å²) in [5.41, 5.74) is 2.71. The molecule has 3 aromatic rings. The number of amides is 3. The first kappa shape index (κ1) is 44.3. The monoisotopic (exact) mass is 812 g/mol. The fourth-order valence-corrected chi connectivity index (χ4v) is 7.90. The molecule has 0 saturated carbocycles. The minimum atomic E-state index is -3.75. The Balaban J connectivity index is 1.08. The molecule has 56 heavy (non-hydrogen) atoms. The molecule has 1 N–H and O–H groups in total. The molecule has 0 spiro atoms. The zero-order chi connectivity index (χ0) is 40.3. The maximum Gasteiger partial charge on any atom is 0.335 e. The first-order chi connectivity index (χ1) is 26.9. The van der Waals surface area contributed by atoms with Crippen LogP contribution in [0.15, 0.2) is 82.6 Å². The van der Waals surface area contributed by atoms with Gasteiger partial charge in [-0.3, -0.25) is 19.2 Å². The Kier molecular flexibility index (Phi) is 18.1. The number of sulfone groups is 1. The molecule has 1 unspecified atom stereocenters. The molecule has 0 radical (unpaired) electrons. The van der Waals surface area contributed by atoms with Crippen LogP contribution >= 0.6 is 11.8 Å². The molecule has 3 aromatic carbocycles. The van der Waals surface area contributed by atoms with Crippen molar-refractivity contribution in [3.05, 3.63) is 95.1 Å². The molecule has 1 aliphatic rings. The van der Waals surface area contributed by atoms with Crippen molar-refractivity contribution in [1.29, 1.82) is 0 Å². The molecule has 1 heterocycles. The van der Waals surface area contributed by atoms with Crippen LogP contribution in [-0.2, 0) is 48.0 Å². The van der Waals surface area contributed by atoms with E-state index in [0.717, 1.165) is 16.0 Å². The number of nitrogens with zero attached hydrogens (tertiary/aromatic N) is 1. The van der Waals surface area contributed by atoms with Gasteiger partial charge in [0.25, 0.3) is 17.7 Å². The number of rotatable bonds is 25. The van der Waals surface area contributed by atoms with E-state index in [1.807, 2.05) is 38.1 Å². The number of nitrogens with one attached hydrogen (secondary N) is 1. The molecule has 0 bridgehead atoms. The lowest BCUT2D eigenvalue weighted by Gasteiger charge is -2.17. The van der Waals surface area contributed by atoms with Gasteiger partial charge < -0.3 is 29.1 Å². The highest BCUT2D eigenvalue weighted by Crippen LogP contribution is 2.26. The van der Waals surface area contributed by atoms with Crippen LogP contribution < -0.4 is 5.32 Å². The van der Waals surface area contributed by atoms with Gasteiger partial charge in [-0.1, -0.05) is 47.5 Å². The molecule has 1 saturated heterocycles. The van der Waals surface area contributed by atoms with E-state index in [0.29, 0.717) is 42.6 Å². The van der Waals surface area contributed by atoms with E-state index < -0.39 is 33.5 Å². The highest BCUT2D eigenvalue weighted by molar-refractivity contribution is 7.99. The molecule has 14 nitrogen and oxygen atoms in total. The number of thioether (sulfide) groups is 1. The number of carbonyl (C=O) groups is 5. The summed E-state index contributed by atoms with van der Waals surface area (Å²) in [7, 11) is -3.75. The second-order valence-corrected chi connectivity index (χ2v) is 16.0. The first-order valence-electron chi connectivity index (χ1n) is 18.2. The first-order valence-corrected chi connectivity index (χ1v) is 20.9. The Bertz CT molecular complexity index is 1850. The number of aryl methyl sites for hydroxylation is 2. The largest absolute Gasteiger partial charge is 0.378 e. The summed E-state index contributed by atoms with van der Waals surface area (Å²) in [5.74, 6) is -3.33. The van der Waals surface area contributed by atoms with E-state index in [4.69, 9.17) is 23.8 Å². The normalized spacial score (nSPS) is 13.5. The third kappa shape index (κ3) is 14.9. The second-order valence-electron chi connectivity index (χ2n) is 12.9. The number of ether oxygens (including phenoxy) is 4. The van der Waals surface area contributed by atoms with Gasteiger partial charge >= 0.3 is 5.97 Å². The van der Waals surface area contributed by atoms with Gasteiger partial charge in [-0.15, -0.1) is 16.8 Å². The molecule has 1 fully saturated rings. The Labute approximate surface area is 331 Å². The summed E-state index contributed by atoms with van der Waals surface area (Å²) in [5, 5.41) is 3.27. The van der Waals surface area contributed by atoms with E-state index in [-0.39, 0.29) is 80.3 Å². The predicted octanol–water partition coefficient (Wildman–Crippen LogP) is 4.16. The Hall–Kier alpha value is -4.45. The minimum Gasteiger partial charge on any atom is -0.378 e. The number of hydrogen-bond donors (Lipinski definition) is 1. The van der Waals surface area contributed by atoms with Crippen LogP contribution in [0.2, 0.25) is 0 Å². The number of Topliss-reactive ketones (excluding diaryl/α,β-unsaturated/α-hetero) is 1. The van der Waals surface area contributed by atoms with Crippen molar-refractivity contribution in [3.8, 4) is 0 Å². The van der Waals surface area contributed by atoms with Crippen molar-refractivity contribution < 1.29 is 56.2 Å². The highest BCUT2D eigenvalue weighted by Gasteiger charge is 2.33. The van der Waals surface area contributed by atoms with E-state index in [1.54, 1.807) is 48.5 Å². The fourth-order valence-electron chi connectivity index (χ4n) is 5.22. The van der Waals surface area contributed by atoms with Crippen molar-refractivity contribution >= 4 is 51.1 Å². The van der Waals surface area contributed by atoms with Crippen molar-refractivity contribution in [3.63, 3.8) is 0 Å². The van der Waals surface area contributed by atoms with Crippen LogP contribution in [-0.4, -0.2) is 114 Å². The number of hydroxylamine groups is 2. The zero-order valence-electron chi connectivity index (χ0n) is 31.6. The topological polar surface area (TPSA) is 181 Å². The standard InChI is InChI=1S/C40H48N2O12S2/c1-29-3-11-34(12-4-29)55-27-33(28-56(48,49)35-13-5-30(2)6-14-35)39(46)31-7-9-32(10-8-31)40(47)41-18-20-51-22-24-53-26-25-52-23-21-50-19-17-38(45)54-42-36(43)15-16-37(42)44/h3-14,33H,15-28H2,1-2H3,(H,41,47). The van der Waals surface area contributed by atoms with E-state index in [9.17, 15) is 32.4 Å². The summed E-state index contributed by atoms with van der Waals surface area (Å²) in [6.45, 7) is 6.23. The third-order valence-electron chi connectivity index (χ3n) is 8.37. The summed E-state index contributed by atoms with van der Waals surface area (Å²) < 4.78 is 48.4. The quantitative estimate of drug-likeness (QED) is 0.0558. The Morgan fingerprint density at radius 2 is 1.20 bits per heavy atom. The van der Waals surface area contributed by atoms with E-state index in [2.05, 4.69) is 5.32 Å². The minimum absolute atomic E-state index is 0.0365. The summed E-state index contributed by atoms with van der Waals surface area (Å²) in [6.07, 6.45) is -0.0359. The molecule has 4 rings (SSSR count).